The van der Waals surface area contributed by atoms with Crippen molar-refractivity contribution in [2.24, 2.45) is 0 Å². The fourth-order valence-corrected chi connectivity index (χ4v) is 3.83. The molecule has 1 aliphatic heterocycles. The van der Waals surface area contributed by atoms with Crippen molar-refractivity contribution in [1.82, 2.24) is 14.2 Å². The van der Waals surface area contributed by atoms with E-state index in [4.69, 9.17) is 11.6 Å². The summed E-state index contributed by atoms with van der Waals surface area (Å²) in [6, 6.07) is 3.32. The summed E-state index contributed by atoms with van der Waals surface area (Å²) in [5, 5.41) is 0.196. The Labute approximate surface area is 119 Å². The van der Waals surface area contributed by atoms with Crippen LogP contribution in [-0.2, 0) is 10.0 Å². The van der Waals surface area contributed by atoms with Gasteiger partial charge < -0.3 is 0 Å². The van der Waals surface area contributed by atoms with E-state index in [0.717, 1.165) is 13.1 Å². The number of nitrogens with zero attached hydrogens (tertiary/aromatic N) is 3. The van der Waals surface area contributed by atoms with Gasteiger partial charge in [-0.3, -0.25) is 4.90 Å². The lowest BCUT2D eigenvalue weighted by Crippen LogP contribution is -2.50. The molecule has 106 valence electrons. The lowest BCUT2D eigenvalue weighted by atomic mass is 10.3. The molecule has 0 spiro atoms. The van der Waals surface area contributed by atoms with Gasteiger partial charge in [-0.15, -0.1) is 0 Å². The van der Waals surface area contributed by atoms with Crippen LogP contribution in [0.3, 0.4) is 0 Å². The molecule has 1 aromatic heterocycles. The van der Waals surface area contributed by atoms with E-state index in [0.29, 0.717) is 19.1 Å². The topological polar surface area (TPSA) is 53.5 Å². The lowest BCUT2D eigenvalue weighted by Gasteiger charge is -2.36. The van der Waals surface area contributed by atoms with E-state index in [9.17, 15) is 8.42 Å². The fourth-order valence-electron chi connectivity index (χ4n) is 2.15. The van der Waals surface area contributed by atoms with Crippen molar-refractivity contribution in [3.8, 4) is 0 Å². The van der Waals surface area contributed by atoms with Crippen LogP contribution in [0.4, 0.5) is 0 Å². The van der Waals surface area contributed by atoms with E-state index in [1.54, 1.807) is 0 Å². The molecule has 1 aromatic rings. The van der Waals surface area contributed by atoms with E-state index >= 15 is 0 Å². The third kappa shape index (κ3) is 3.25. The molecule has 0 radical (unpaired) electrons. The Morgan fingerprint density at radius 3 is 2.42 bits per heavy atom. The normalized spacial score (nSPS) is 18.9. The van der Waals surface area contributed by atoms with E-state index in [1.165, 1.54) is 22.6 Å². The smallest absolute Gasteiger partial charge is 0.243 e. The number of hydrogen-bond donors (Lipinski definition) is 0. The Kier molecular flexibility index (Phi) is 4.45. The van der Waals surface area contributed by atoms with Gasteiger partial charge in [0, 0.05) is 38.4 Å². The highest BCUT2D eigenvalue weighted by atomic mass is 35.5. The maximum atomic E-state index is 12.4. The summed E-state index contributed by atoms with van der Waals surface area (Å²) in [4.78, 5) is 6.29. The minimum absolute atomic E-state index is 0.196. The lowest BCUT2D eigenvalue weighted by molar-refractivity contribution is 0.154. The maximum absolute atomic E-state index is 12.4. The quantitative estimate of drug-likeness (QED) is 0.793. The minimum atomic E-state index is -3.45. The van der Waals surface area contributed by atoms with Gasteiger partial charge in [0.2, 0.25) is 10.0 Å². The maximum Gasteiger partial charge on any atom is 0.243 e. The second-order valence-corrected chi connectivity index (χ2v) is 7.17. The molecule has 2 heterocycles. The molecule has 0 N–H and O–H groups in total. The van der Waals surface area contributed by atoms with E-state index in [1.807, 2.05) is 0 Å². The Balaban J connectivity index is 2.14. The summed E-state index contributed by atoms with van der Waals surface area (Å²) >= 11 is 5.75. The molecule has 0 saturated carbocycles. The second kappa shape index (κ2) is 5.75. The van der Waals surface area contributed by atoms with Crippen LogP contribution in [-0.4, -0.2) is 54.8 Å². The van der Waals surface area contributed by atoms with Crippen LogP contribution in [0.2, 0.25) is 5.15 Å². The van der Waals surface area contributed by atoms with Gasteiger partial charge in [0.25, 0.3) is 0 Å². The molecule has 0 aromatic carbocycles. The molecule has 1 saturated heterocycles. The van der Waals surface area contributed by atoms with Crippen molar-refractivity contribution in [2.45, 2.75) is 24.8 Å². The number of rotatable bonds is 3. The molecule has 1 fully saturated rings. The second-order valence-electron chi connectivity index (χ2n) is 4.85. The number of halogens is 1. The summed E-state index contributed by atoms with van der Waals surface area (Å²) in [5.74, 6) is 0. The van der Waals surface area contributed by atoms with Crippen molar-refractivity contribution in [1.29, 1.82) is 0 Å². The van der Waals surface area contributed by atoms with Crippen LogP contribution in [0.15, 0.2) is 23.2 Å². The molecule has 0 unspecified atom stereocenters. The first-order valence-corrected chi connectivity index (χ1v) is 8.09. The molecule has 2 rings (SSSR count). The molecule has 5 nitrogen and oxygen atoms in total. The Hall–Kier alpha value is -0.690. The Morgan fingerprint density at radius 2 is 1.89 bits per heavy atom. The molecule has 0 atom stereocenters. The first-order valence-electron chi connectivity index (χ1n) is 6.27. The SMILES string of the molecule is CC(C)N1CCN(S(=O)(=O)c2ccnc(Cl)c2)CC1. The van der Waals surface area contributed by atoms with Gasteiger partial charge in [0.05, 0.1) is 4.90 Å². The van der Waals surface area contributed by atoms with E-state index in [2.05, 4.69) is 23.7 Å². The number of sulfonamides is 1. The summed E-state index contributed by atoms with van der Waals surface area (Å²) in [5.41, 5.74) is 0. The van der Waals surface area contributed by atoms with Gasteiger partial charge in [-0.2, -0.15) is 4.31 Å². The van der Waals surface area contributed by atoms with Gasteiger partial charge in [-0.25, -0.2) is 13.4 Å². The van der Waals surface area contributed by atoms with Crippen molar-refractivity contribution in [2.75, 3.05) is 26.2 Å². The van der Waals surface area contributed by atoms with Gasteiger partial charge >= 0.3 is 0 Å². The predicted octanol–water partition coefficient (Wildman–Crippen LogP) is 1.45. The Bertz CT molecular complexity index is 540. The highest BCUT2D eigenvalue weighted by Crippen LogP contribution is 2.19. The Morgan fingerprint density at radius 1 is 1.26 bits per heavy atom. The number of piperazine rings is 1. The summed E-state index contributed by atoms with van der Waals surface area (Å²) in [6.07, 6.45) is 1.42. The van der Waals surface area contributed by atoms with E-state index < -0.39 is 10.0 Å². The van der Waals surface area contributed by atoms with Gasteiger partial charge in [0.15, 0.2) is 0 Å². The highest BCUT2D eigenvalue weighted by molar-refractivity contribution is 7.89. The van der Waals surface area contributed by atoms with Crippen molar-refractivity contribution in [3.63, 3.8) is 0 Å². The van der Waals surface area contributed by atoms with Crippen molar-refractivity contribution >= 4 is 21.6 Å². The monoisotopic (exact) mass is 303 g/mol. The molecule has 0 bridgehead atoms. The number of hydrogen-bond acceptors (Lipinski definition) is 4. The van der Waals surface area contributed by atoms with Crippen molar-refractivity contribution < 1.29 is 8.42 Å². The highest BCUT2D eigenvalue weighted by Gasteiger charge is 2.29. The average Bonchev–Trinajstić information content (AvgIpc) is 2.39. The molecular weight excluding hydrogens is 286 g/mol. The first kappa shape index (κ1) is 14.7. The zero-order valence-corrected chi connectivity index (χ0v) is 12.7. The molecule has 1 aliphatic rings. The van der Waals surface area contributed by atoms with Crippen LogP contribution in [0.25, 0.3) is 0 Å². The van der Waals surface area contributed by atoms with Gasteiger partial charge in [-0.1, -0.05) is 11.6 Å². The summed E-state index contributed by atoms with van der Waals surface area (Å²) < 4.78 is 26.4. The summed E-state index contributed by atoms with van der Waals surface area (Å²) in [7, 11) is -3.45. The number of aromatic nitrogens is 1. The third-order valence-electron chi connectivity index (χ3n) is 3.34. The van der Waals surface area contributed by atoms with Crippen LogP contribution in [0.1, 0.15) is 13.8 Å². The van der Waals surface area contributed by atoms with E-state index in [-0.39, 0.29) is 10.0 Å². The van der Waals surface area contributed by atoms with Crippen LogP contribution < -0.4 is 0 Å². The average molecular weight is 304 g/mol. The molecule has 7 heteroatoms. The minimum Gasteiger partial charge on any atom is -0.298 e. The van der Waals surface area contributed by atoms with Gasteiger partial charge in [0.1, 0.15) is 5.15 Å². The van der Waals surface area contributed by atoms with Crippen molar-refractivity contribution in [3.05, 3.63) is 23.5 Å². The predicted molar refractivity (Wildman–Crippen MR) is 74.7 cm³/mol. The first-order chi connectivity index (χ1) is 8.91. The van der Waals surface area contributed by atoms with Gasteiger partial charge in [-0.05, 0) is 26.0 Å². The van der Waals surface area contributed by atoms with Crippen LogP contribution >= 0.6 is 11.6 Å². The number of pyridine rings is 1. The molecular formula is C12H18ClN3O2S. The largest absolute Gasteiger partial charge is 0.298 e. The fraction of sp³-hybridized carbons (Fsp3) is 0.583. The molecule has 0 aliphatic carbocycles. The van der Waals surface area contributed by atoms with Crippen LogP contribution in [0, 0.1) is 0 Å². The standard InChI is InChI=1S/C12H18ClN3O2S/c1-10(2)15-5-7-16(8-6-15)19(17,18)11-3-4-14-12(13)9-11/h3-4,9-10H,5-8H2,1-2H3. The zero-order valence-electron chi connectivity index (χ0n) is 11.1. The third-order valence-corrected chi connectivity index (χ3v) is 5.44. The van der Waals surface area contributed by atoms with Crippen LogP contribution in [0.5, 0.6) is 0 Å². The molecule has 0 amide bonds. The molecule has 19 heavy (non-hydrogen) atoms. The zero-order chi connectivity index (χ0) is 14.0. The summed E-state index contributed by atoms with van der Waals surface area (Å²) in [6.45, 7) is 6.78.